The summed E-state index contributed by atoms with van der Waals surface area (Å²) in [4.78, 5) is 24.3. The first kappa shape index (κ1) is 16.5. The number of hydrogen-bond donors (Lipinski definition) is 1. The first-order valence-electron chi connectivity index (χ1n) is 6.24. The van der Waals surface area contributed by atoms with E-state index in [-0.39, 0.29) is 24.4 Å². The van der Waals surface area contributed by atoms with E-state index in [1.165, 1.54) is 0 Å². The molecule has 0 aromatic rings. The molecule has 0 bridgehead atoms. The van der Waals surface area contributed by atoms with Crippen LogP contribution in [0.4, 0.5) is 0 Å². The Kier molecular flexibility index (Phi) is 7.11. The second kappa shape index (κ2) is 7.75. The Morgan fingerprint density at radius 2 is 1.83 bits per heavy atom. The molecule has 18 heavy (non-hydrogen) atoms. The number of amides is 1. The van der Waals surface area contributed by atoms with Crippen molar-refractivity contribution >= 4 is 11.9 Å². The molecule has 4 heteroatoms. The monoisotopic (exact) mass is 253 g/mol. The van der Waals surface area contributed by atoms with Crippen molar-refractivity contribution in [1.82, 2.24) is 4.90 Å². The van der Waals surface area contributed by atoms with E-state index in [1.807, 2.05) is 20.8 Å². The normalized spacial score (nSPS) is 10.8. The van der Waals surface area contributed by atoms with Crippen molar-refractivity contribution in [2.24, 2.45) is 0 Å². The van der Waals surface area contributed by atoms with Gasteiger partial charge >= 0.3 is 5.97 Å². The lowest BCUT2D eigenvalue weighted by molar-refractivity contribution is -0.140. The Bertz CT molecular complexity index is 323. The third-order valence-corrected chi connectivity index (χ3v) is 2.62. The zero-order chi connectivity index (χ0) is 14.2. The summed E-state index contributed by atoms with van der Waals surface area (Å²) in [7, 11) is 0. The van der Waals surface area contributed by atoms with Gasteiger partial charge in [0, 0.05) is 24.9 Å². The highest BCUT2D eigenvalue weighted by atomic mass is 16.4. The second-order valence-electron chi connectivity index (χ2n) is 5.27. The molecule has 0 aliphatic carbocycles. The topological polar surface area (TPSA) is 57.6 Å². The number of carbonyl (C=O) groups excluding carboxylic acids is 1. The molecular formula is C14H23NO3. The molecule has 0 spiro atoms. The second-order valence-corrected chi connectivity index (χ2v) is 5.27. The van der Waals surface area contributed by atoms with Gasteiger partial charge in [0.25, 0.3) is 0 Å². The van der Waals surface area contributed by atoms with Gasteiger partial charge in [-0.3, -0.25) is 9.59 Å². The van der Waals surface area contributed by atoms with Crippen LogP contribution in [0.25, 0.3) is 0 Å². The van der Waals surface area contributed by atoms with Gasteiger partial charge in [-0.05, 0) is 33.6 Å². The molecule has 4 nitrogen and oxygen atoms in total. The number of rotatable bonds is 7. The summed E-state index contributed by atoms with van der Waals surface area (Å²) >= 11 is 0. The summed E-state index contributed by atoms with van der Waals surface area (Å²) in [6, 6.07) is 0. The predicted molar refractivity (Wildman–Crippen MR) is 71.0 cm³/mol. The minimum Gasteiger partial charge on any atom is -0.481 e. The van der Waals surface area contributed by atoms with E-state index in [2.05, 4.69) is 5.92 Å². The lowest BCUT2D eigenvalue weighted by Gasteiger charge is -2.35. The predicted octanol–water partition coefficient (Wildman–Crippen LogP) is 2.28. The molecule has 0 aromatic carbocycles. The fourth-order valence-electron chi connectivity index (χ4n) is 1.68. The Labute approximate surface area is 109 Å². The molecule has 0 aromatic heterocycles. The van der Waals surface area contributed by atoms with Gasteiger partial charge in [-0.25, -0.2) is 0 Å². The Balaban J connectivity index is 4.34. The lowest BCUT2D eigenvalue weighted by Crippen LogP contribution is -2.46. The summed E-state index contributed by atoms with van der Waals surface area (Å²) < 4.78 is 0. The van der Waals surface area contributed by atoms with Crippen LogP contribution in [0.5, 0.6) is 0 Å². The Hall–Kier alpha value is -1.50. The van der Waals surface area contributed by atoms with Crippen LogP contribution >= 0.6 is 0 Å². The van der Waals surface area contributed by atoms with Crippen molar-refractivity contribution in [1.29, 1.82) is 0 Å². The summed E-state index contributed by atoms with van der Waals surface area (Å²) in [5, 5.41) is 8.70. The third-order valence-electron chi connectivity index (χ3n) is 2.62. The average Bonchev–Trinajstić information content (AvgIpc) is 2.22. The molecule has 0 rings (SSSR count). The summed E-state index contributed by atoms with van der Waals surface area (Å²) in [5.74, 6) is 1.65. The quantitative estimate of drug-likeness (QED) is 0.559. The molecule has 1 N–H and O–H groups in total. The van der Waals surface area contributed by atoms with Crippen molar-refractivity contribution in [3.63, 3.8) is 0 Å². The van der Waals surface area contributed by atoms with Crippen LogP contribution in [0.15, 0.2) is 0 Å². The van der Waals surface area contributed by atoms with Crippen LogP contribution in [-0.4, -0.2) is 34.0 Å². The maximum Gasteiger partial charge on any atom is 0.305 e. The van der Waals surface area contributed by atoms with E-state index in [0.717, 1.165) is 12.8 Å². The third kappa shape index (κ3) is 6.95. The first-order valence-corrected chi connectivity index (χ1v) is 6.24. The van der Waals surface area contributed by atoms with Gasteiger partial charge in [0.15, 0.2) is 0 Å². The molecule has 0 saturated carbocycles. The van der Waals surface area contributed by atoms with Crippen LogP contribution < -0.4 is 0 Å². The SMILES string of the molecule is C#CCCCCC(=O)N(CCC(=O)O)C(C)(C)C. The molecule has 0 radical (unpaired) electrons. The maximum atomic E-state index is 12.0. The number of carbonyl (C=O) groups is 2. The minimum atomic E-state index is -0.885. The maximum absolute atomic E-state index is 12.0. The molecule has 0 saturated heterocycles. The van der Waals surface area contributed by atoms with E-state index in [0.29, 0.717) is 12.8 Å². The largest absolute Gasteiger partial charge is 0.481 e. The Morgan fingerprint density at radius 3 is 2.28 bits per heavy atom. The fourth-order valence-corrected chi connectivity index (χ4v) is 1.68. The van der Waals surface area contributed by atoms with Crippen LogP contribution in [0.1, 0.15) is 52.9 Å². The number of terminal acetylenes is 1. The number of hydrogen-bond acceptors (Lipinski definition) is 2. The zero-order valence-electron chi connectivity index (χ0n) is 11.5. The van der Waals surface area contributed by atoms with E-state index in [1.54, 1.807) is 4.90 Å². The van der Waals surface area contributed by atoms with Gasteiger partial charge < -0.3 is 10.0 Å². The van der Waals surface area contributed by atoms with Crippen molar-refractivity contribution in [3.8, 4) is 12.3 Å². The molecule has 1 amide bonds. The number of unbranched alkanes of at least 4 members (excludes halogenated alkanes) is 2. The van der Waals surface area contributed by atoms with E-state index < -0.39 is 5.97 Å². The van der Waals surface area contributed by atoms with E-state index in [9.17, 15) is 9.59 Å². The molecule has 102 valence electrons. The number of carboxylic acids is 1. The van der Waals surface area contributed by atoms with E-state index >= 15 is 0 Å². The smallest absolute Gasteiger partial charge is 0.305 e. The average molecular weight is 253 g/mol. The summed E-state index contributed by atoms with van der Waals surface area (Å²) in [6.07, 6.45) is 7.82. The molecule has 0 unspecified atom stereocenters. The zero-order valence-corrected chi connectivity index (χ0v) is 11.5. The van der Waals surface area contributed by atoms with Gasteiger partial charge in [0.1, 0.15) is 0 Å². The van der Waals surface area contributed by atoms with Gasteiger partial charge in [-0.1, -0.05) is 0 Å². The van der Waals surface area contributed by atoms with Gasteiger partial charge in [0.2, 0.25) is 5.91 Å². The van der Waals surface area contributed by atoms with Crippen LogP contribution in [0, 0.1) is 12.3 Å². The molecular weight excluding hydrogens is 230 g/mol. The number of carboxylic acid groups (broad SMARTS) is 1. The van der Waals surface area contributed by atoms with Crippen molar-refractivity contribution in [3.05, 3.63) is 0 Å². The lowest BCUT2D eigenvalue weighted by atomic mass is 10.0. The van der Waals surface area contributed by atoms with Crippen LogP contribution in [-0.2, 0) is 9.59 Å². The summed E-state index contributed by atoms with van der Waals surface area (Å²) in [5.41, 5.74) is -0.349. The Morgan fingerprint density at radius 1 is 1.22 bits per heavy atom. The van der Waals surface area contributed by atoms with E-state index in [4.69, 9.17) is 11.5 Å². The van der Waals surface area contributed by atoms with Crippen LogP contribution in [0.2, 0.25) is 0 Å². The highest BCUT2D eigenvalue weighted by Crippen LogP contribution is 2.16. The van der Waals surface area contributed by atoms with Crippen molar-refractivity contribution < 1.29 is 14.7 Å². The molecule has 0 aliphatic rings. The van der Waals surface area contributed by atoms with Gasteiger partial charge in [-0.2, -0.15) is 0 Å². The molecule has 0 atom stereocenters. The minimum absolute atomic E-state index is 0.000714. The molecule has 0 aliphatic heterocycles. The van der Waals surface area contributed by atoms with Gasteiger partial charge in [0.05, 0.1) is 6.42 Å². The summed E-state index contributed by atoms with van der Waals surface area (Å²) in [6.45, 7) is 5.99. The van der Waals surface area contributed by atoms with Crippen LogP contribution in [0.3, 0.4) is 0 Å². The highest BCUT2D eigenvalue weighted by Gasteiger charge is 2.26. The molecule has 0 fully saturated rings. The molecule has 0 heterocycles. The van der Waals surface area contributed by atoms with Crippen molar-refractivity contribution in [2.45, 2.75) is 58.4 Å². The highest BCUT2D eigenvalue weighted by molar-refractivity contribution is 5.77. The fraction of sp³-hybridized carbons (Fsp3) is 0.714. The van der Waals surface area contributed by atoms with Gasteiger partial charge in [-0.15, -0.1) is 12.3 Å². The number of aliphatic carboxylic acids is 1. The standard InChI is InChI=1S/C14H23NO3/c1-5-6-7-8-9-12(16)15(14(2,3)4)11-10-13(17)18/h1H,6-11H2,2-4H3,(H,17,18). The number of nitrogens with zero attached hydrogens (tertiary/aromatic N) is 1. The first-order chi connectivity index (χ1) is 8.29. The van der Waals surface area contributed by atoms with Crippen molar-refractivity contribution in [2.75, 3.05) is 6.54 Å².